The highest BCUT2D eigenvalue weighted by Gasteiger charge is 2.38. The molecule has 2 amide bonds. The summed E-state index contributed by atoms with van der Waals surface area (Å²) in [5, 5.41) is 11.0. The Morgan fingerprint density at radius 3 is 2.26 bits per heavy atom. The lowest BCUT2D eigenvalue weighted by molar-refractivity contribution is -0.192. The minimum Gasteiger partial charge on any atom is -0.475 e. The SMILES string of the molecule is O=C(O)C(F)(F)F.O=C1CCC(CNC(=O)c2cccc3cccnc23)N(C(=O)c2ccccc2-c2ccccc2)C1. The minimum atomic E-state index is -5.08. The van der Waals surface area contributed by atoms with E-state index in [1.54, 1.807) is 23.2 Å². The second-order valence-corrected chi connectivity index (χ2v) is 9.47. The number of piperidine rings is 1. The lowest BCUT2D eigenvalue weighted by Gasteiger charge is -2.35. The Hall–Kier alpha value is -5.06. The lowest BCUT2D eigenvalue weighted by atomic mass is 9.95. The van der Waals surface area contributed by atoms with Crippen LogP contribution in [-0.4, -0.2) is 63.9 Å². The van der Waals surface area contributed by atoms with Crippen molar-refractivity contribution in [2.75, 3.05) is 13.1 Å². The van der Waals surface area contributed by atoms with Gasteiger partial charge in [-0.15, -0.1) is 0 Å². The third-order valence-electron chi connectivity index (χ3n) is 6.67. The first kappa shape index (κ1) is 29.9. The van der Waals surface area contributed by atoms with E-state index in [-0.39, 0.29) is 36.7 Å². The fourth-order valence-electron chi connectivity index (χ4n) is 4.62. The fourth-order valence-corrected chi connectivity index (χ4v) is 4.62. The molecule has 5 rings (SSSR count). The highest BCUT2D eigenvalue weighted by atomic mass is 19.4. The van der Waals surface area contributed by atoms with Crippen molar-refractivity contribution < 1.29 is 37.5 Å². The van der Waals surface area contributed by atoms with E-state index in [0.29, 0.717) is 29.5 Å². The normalized spacial score (nSPS) is 15.0. The van der Waals surface area contributed by atoms with Crippen LogP contribution in [0, 0.1) is 0 Å². The molecule has 0 saturated carbocycles. The molecule has 4 aromatic rings. The van der Waals surface area contributed by atoms with E-state index < -0.39 is 12.1 Å². The summed E-state index contributed by atoms with van der Waals surface area (Å²) in [6.45, 7) is 0.299. The molecule has 1 aliphatic heterocycles. The van der Waals surface area contributed by atoms with Crippen molar-refractivity contribution in [3.05, 3.63) is 102 Å². The first-order valence-corrected chi connectivity index (χ1v) is 13.0. The number of nitrogens with one attached hydrogen (secondary N) is 1. The number of carbonyl (C=O) groups excluding carboxylic acids is 3. The Morgan fingerprint density at radius 2 is 1.55 bits per heavy atom. The van der Waals surface area contributed by atoms with Gasteiger partial charge in [-0.25, -0.2) is 4.79 Å². The van der Waals surface area contributed by atoms with Crippen LogP contribution in [0.3, 0.4) is 0 Å². The molecule has 2 N–H and O–H groups in total. The second kappa shape index (κ2) is 13.1. The number of benzene rings is 3. The van der Waals surface area contributed by atoms with Crippen molar-refractivity contribution >= 4 is 34.5 Å². The molecule has 0 spiro atoms. The average Bonchev–Trinajstić information content (AvgIpc) is 3.00. The zero-order chi connectivity index (χ0) is 30.3. The molecule has 1 saturated heterocycles. The predicted molar refractivity (Wildman–Crippen MR) is 149 cm³/mol. The number of pyridine rings is 1. The van der Waals surface area contributed by atoms with Gasteiger partial charge in [0.2, 0.25) is 0 Å². The van der Waals surface area contributed by atoms with Gasteiger partial charge < -0.3 is 15.3 Å². The molecule has 11 heteroatoms. The number of carboxylic acids is 1. The zero-order valence-electron chi connectivity index (χ0n) is 22.2. The molecule has 0 radical (unpaired) electrons. The topological polar surface area (TPSA) is 117 Å². The van der Waals surface area contributed by atoms with Crippen molar-refractivity contribution in [1.82, 2.24) is 15.2 Å². The predicted octanol–water partition coefficient (Wildman–Crippen LogP) is 5.14. The number of aromatic nitrogens is 1. The molecule has 1 atom stereocenters. The smallest absolute Gasteiger partial charge is 0.475 e. The number of para-hydroxylation sites is 1. The number of rotatable bonds is 5. The molecular weight excluding hydrogens is 551 g/mol. The number of carbonyl (C=O) groups is 4. The summed E-state index contributed by atoms with van der Waals surface area (Å²) < 4.78 is 31.7. The molecule has 1 aromatic heterocycles. The third-order valence-corrected chi connectivity index (χ3v) is 6.67. The van der Waals surface area contributed by atoms with Crippen molar-refractivity contribution in [2.45, 2.75) is 25.1 Å². The number of ketones is 1. The summed E-state index contributed by atoms with van der Waals surface area (Å²) in [5.74, 6) is -3.18. The summed E-state index contributed by atoms with van der Waals surface area (Å²) in [7, 11) is 0. The first-order chi connectivity index (χ1) is 20.1. The monoisotopic (exact) mass is 577 g/mol. The van der Waals surface area contributed by atoms with Gasteiger partial charge in [0.25, 0.3) is 11.8 Å². The van der Waals surface area contributed by atoms with Gasteiger partial charge in [-0.2, -0.15) is 13.2 Å². The number of likely N-dealkylation sites (tertiary alicyclic amines) is 1. The maximum Gasteiger partial charge on any atom is 0.490 e. The van der Waals surface area contributed by atoms with Crippen LogP contribution >= 0.6 is 0 Å². The molecule has 8 nitrogen and oxygen atoms in total. The number of carboxylic acid groups (broad SMARTS) is 1. The van der Waals surface area contributed by atoms with Gasteiger partial charge in [0.1, 0.15) is 0 Å². The van der Waals surface area contributed by atoms with Crippen molar-refractivity contribution in [3.8, 4) is 11.1 Å². The number of aliphatic carboxylic acids is 1. The quantitative estimate of drug-likeness (QED) is 0.339. The Bertz CT molecular complexity index is 1600. The van der Waals surface area contributed by atoms with Crippen molar-refractivity contribution in [3.63, 3.8) is 0 Å². The maximum atomic E-state index is 13.7. The molecule has 1 aliphatic rings. The summed E-state index contributed by atoms with van der Waals surface area (Å²) in [4.78, 5) is 53.9. The van der Waals surface area contributed by atoms with Gasteiger partial charge >= 0.3 is 12.1 Å². The molecule has 42 heavy (non-hydrogen) atoms. The van der Waals surface area contributed by atoms with Gasteiger partial charge in [0.05, 0.1) is 23.7 Å². The second-order valence-electron chi connectivity index (χ2n) is 9.47. The van der Waals surface area contributed by atoms with Crippen molar-refractivity contribution in [2.24, 2.45) is 0 Å². The van der Waals surface area contributed by atoms with Crippen LogP contribution in [0.2, 0.25) is 0 Å². The van der Waals surface area contributed by atoms with Crippen LogP contribution < -0.4 is 5.32 Å². The van der Waals surface area contributed by atoms with Crippen LogP contribution in [-0.2, 0) is 9.59 Å². The van der Waals surface area contributed by atoms with E-state index in [4.69, 9.17) is 9.90 Å². The van der Waals surface area contributed by atoms with E-state index in [9.17, 15) is 27.6 Å². The largest absolute Gasteiger partial charge is 0.490 e. The van der Waals surface area contributed by atoms with Crippen molar-refractivity contribution in [1.29, 1.82) is 0 Å². The highest BCUT2D eigenvalue weighted by Crippen LogP contribution is 2.27. The number of halogens is 3. The lowest BCUT2D eigenvalue weighted by Crippen LogP contribution is -2.52. The maximum absolute atomic E-state index is 13.7. The van der Waals surface area contributed by atoms with Gasteiger partial charge in [0.15, 0.2) is 5.78 Å². The molecule has 2 heterocycles. The Balaban J connectivity index is 0.000000517. The number of hydrogen-bond acceptors (Lipinski definition) is 5. The van der Waals surface area contributed by atoms with Gasteiger partial charge in [-0.3, -0.25) is 19.4 Å². The summed E-state index contributed by atoms with van der Waals surface area (Å²) >= 11 is 0. The van der Waals surface area contributed by atoms with Crippen LogP contribution in [0.25, 0.3) is 22.0 Å². The van der Waals surface area contributed by atoms with E-state index in [2.05, 4.69) is 10.3 Å². The average molecular weight is 578 g/mol. The standard InChI is InChI=1S/C29H25N3O3.C2HF3O2/c33-23-16-15-22(18-31-28(34)26-14-6-10-21-11-7-17-30-27(21)26)32(19-23)29(35)25-13-5-4-12-24(25)20-8-2-1-3-9-20;3-2(4,5)1(6)7/h1-14,17,22H,15-16,18-19H2,(H,31,34);(H,6,7). The summed E-state index contributed by atoms with van der Waals surface area (Å²) in [5.41, 5.74) is 3.43. The zero-order valence-corrected chi connectivity index (χ0v) is 22.2. The number of nitrogens with zero attached hydrogens (tertiary/aromatic N) is 2. The molecule has 216 valence electrons. The van der Waals surface area contributed by atoms with E-state index >= 15 is 0 Å². The molecular formula is C31H26F3N3O5. The number of amides is 2. The molecule has 1 fully saturated rings. The first-order valence-electron chi connectivity index (χ1n) is 13.0. The van der Waals surface area contributed by atoms with E-state index in [0.717, 1.165) is 16.5 Å². The van der Waals surface area contributed by atoms with Crippen LogP contribution in [0.4, 0.5) is 13.2 Å². The molecule has 0 aliphatic carbocycles. The van der Waals surface area contributed by atoms with E-state index in [1.807, 2.05) is 72.8 Å². The molecule has 0 bridgehead atoms. The molecule has 1 unspecified atom stereocenters. The van der Waals surface area contributed by atoms with E-state index in [1.165, 1.54) is 0 Å². The number of alkyl halides is 3. The summed E-state index contributed by atoms with van der Waals surface area (Å²) in [6, 6.07) is 26.1. The van der Waals surface area contributed by atoms with Gasteiger partial charge in [0, 0.05) is 30.1 Å². The summed E-state index contributed by atoms with van der Waals surface area (Å²) in [6.07, 6.45) is -2.52. The Labute approximate surface area is 238 Å². The fraction of sp³-hybridized carbons (Fsp3) is 0.194. The number of hydrogen-bond donors (Lipinski definition) is 2. The number of Topliss-reactive ketones (excluding diaryl/α,β-unsaturated/α-hetero) is 1. The Morgan fingerprint density at radius 1 is 0.905 bits per heavy atom. The van der Waals surface area contributed by atoms with Gasteiger partial charge in [-0.1, -0.05) is 66.7 Å². The van der Waals surface area contributed by atoms with Gasteiger partial charge in [-0.05, 0) is 35.7 Å². The minimum absolute atomic E-state index is 0.0244. The third kappa shape index (κ3) is 7.17. The number of fused-ring (bicyclic) bond motifs is 1. The molecule has 3 aromatic carbocycles. The highest BCUT2D eigenvalue weighted by molar-refractivity contribution is 6.06. The Kier molecular flexibility index (Phi) is 9.31. The van der Waals surface area contributed by atoms with Crippen LogP contribution in [0.1, 0.15) is 33.6 Å². The van der Waals surface area contributed by atoms with Crippen LogP contribution in [0.15, 0.2) is 91.1 Å². The van der Waals surface area contributed by atoms with Crippen LogP contribution in [0.5, 0.6) is 0 Å².